The Labute approximate surface area is 331 Å². The van der Waals surface area contributed by atoms with E-state index in [0.29, 0.717) is 31.9 Å². The fraction of sp³-hybridized carbons (Fsp3) is 0.257. The number of nitrogens with zero attached hydrogens (tertiary/aromatic N) is 5. The molecular weight excluding hydrogens is 869 g/mol. The Balaban J connectivity index is 1.69. The fourth-order valence-electron chi connectivity index (χ4n) is 5.39. The van der Waals surface area contributed by atoms with Gasteiger partial charge in [-0.25, -0.2) is 31.0 Å². The molecule has 0 fully saturated rings. The van der Waals surface area contributed by atoms with Gasteiger partial charge >= 0.3 is 6.09 Å². The average Bonchev–Trinajstić information content (AvgIpc) is 3.64. The van der Waals surface area contributed by atoms with Crippen molar-refractivity contribution in [3.8, 4) is 28.6 Å². The molecule has 292 valence electrons. The summed E-state index contributed by atoms with van der Waals surface area (Å²) in [6.07, 6.45) is -2.90. The van der Waals surface area contributed by atoms with Crippen LogP contribution in [-0.4, -0.2) is 98.2 Å². The monoisotopic (exact) mass is 907 g/mol. The molecule has 55 heavy (non-hydrogen) atoms. The van der Waals surface area contributed by atoms with Crippen molar-refractivity contribution in [2.24, 2.45) is 0 Å². The molecule has 5 aromatic rings. The number of halogens is 1. The maximum absolute atomic E-state index is 15.3. The Morgan fingerprint density at radius 1 is 0.800 bits per heavy atom. The van der Waals surface area contributed by atoms with Crippen molar-refractivity contribution < 1.29 is 46.1 Å². The van der Waals surface area contributed by atoms with Gasteiger partial charge in [-0.1, -0.05) is 36.4 Å². The summed E-state index contributed by atoms with van der Waals surface area (Å²) in [6, 6.07) is 23.2. The number of aliphatic hydroxyl groups is 1. The van der Waals surface area contributed by atoms with Crippen molar-refractivity contribution in [2.75, 3.05) is 34.4 Å². The SMILES string of the molecule is COc1ccc(CN(Cc2ccc(OC)cc2)S(=O)(=O)c2c(S(=O)(=O)NCC(O)CNC(=O)O)ccc(I)c2-c2nnnn2Cc2ccc(OC)cc2)cc1. The number of aromatic nitrogens is 4. The van der Waals surface area contributed by atoms with Gasteiger partial charge in [0.1, 0.15) is 27.0 Å². The van der Waals surface area contributed by atoms with E-state index in [1.165, 1.54) is 32.1 Å². The minimum absolute atomic E-state index is 0.0321. The summed E-state index contributed by atoms with van der Waals surface area (Å²) in [7, 11) is -4.99. The van der Waals surface area contributed by atoms with Gasteiger partial charge in [-0.05, 0) is 98.2 Å². The van der Waals surface area contributed by atoms with Gasteiger partial charge in [0.25, 0.3) is 0 Å². The van der Waals surface area contributed by atoms with Crippen LogP contribution in [0.4, 0.5) is 4.79 Å². The third-order valence-corrected chi connectivity index (χ3v) is 12.6. The van der Waals surface area contributed by atoms with Crippen LogP contribution in [0.15, 0.2) is 94.7 Å². The topological polar surface area (TPSA) is 224 Å². The van der Waals surface area contributed by atoms with Crippen LogP contribution in [0.5, 0.6) is 17.2 Å². The molecule has 0 aliphatic carbocycles. The highest BCUT2D eigenvalue weighted by molar-refractivity contribution is 14.1. The average molecular weight is 908 g/mol. The zero-order chi connectivity index (χ0) is 39.8. The molecule has 0 bridgehead atoms. The third kappa shape index (κ3) is 10.3. The number of carbonyl (C=O) groups is 1. The molecule has 0 radical (unpaired) electrons. The summed E-state index contributed by atoms with van der Waals surface area (Å²) in [6.45, 7) is -1.42. The van der Waals surface area contributed by atoms with Crippen molar-refractivity contribution in [3.05, 3.63) is 105 Å². The molecule has 1 unspecified atom stereocenters. The molecule has 20 heteroatoms. The number of hydrogen-bond acceptors (Lipinski definition) is 12. The van der Waals surface area contributed by atoms with Crippen LogP contribution in [0, 0.1) is 3.57 Å². The number of ether oxygens (including phenoxy) is 3. The van der Waals surface area contributed by atoms with E-state index in [0.717, 1.165) is 15.9 Å². The maximum atomic E-state index is 15.3. The predicted octanol–water partition coefficient (Wildman–Crippen LogP) is 3.32. The first-order chi connectivity index (χ1) is 26.2. The summed E-state index contributed by atoms with van der Waals surface area (Å²) >= 11 is 1.91. The van der Waals surface area contributed by atoms with E-state index in [2.05, 4.69) is 20.2 Å². The van der Waals surface area contributed by atoms with Crippen molar-refractivity contribution in [1.82, 2.24) is 34.6 Å². The highest BCUT2D eigenvalue weighted by atomic mass is 127. The second-order valence-corrected chi connectivity index (χ2v) is 16.7. The first-order valence-electron chi connectivity index (χ1n) is 16.4. The van der Waals surface area contributed by atoms with Gasteiger partial charge in [0, 0.05) is 29.7 Å². The number of carboxylic acid groups (broad SMARTS) is 1. The lowest BCUT2D eigenvalue weighted by molar-refractivity contribution is 0.159. The lowest BCUT2D eigenvalue weighted by Gasteiger charge is -2.26. The molecule has 0 spiro atoms. The molecule has 1 atom stereocenters. The fourth-order valence-corrected chi connectivity index (χ4v) is 9.75. The Bertz CT molecular complexity index is 2260. The van der Waals surface area contributed by atoms with Crippen molar-refractivity contribution >= 4 is 48.7 Å². The molecule has 4 aromatic carbocycles. The van der Waals surface area contributed by atoms with Crippen LogP contribution >= 0.6 is 22.6 Å². The van der Waals surface area contributed by atoms with Gasteiger partial charge in [0.15, 0.2) is 5.82 Å². The third-order valence-electron chi connectivity index (χ3n) is 8.24. The first-order valence-corrected chi connectivity index (χ1v) is 20.4. The van der Waals surface area contributed by atoms with Gasteiger partial charge in [0.2, 0.25) is 20.0 Å². The summed E-state index contributed by atoms with van der Waals surface area (Å²) in [5.74, 6) is 1.69. The second kappa shape index (κ2) is 18.2. The van der Waals surface area contributed by atoms with E-state index in [1.807, 2.05) is 27.9 Å². The van der Waals surface area contributed by atoms with Crippen molar-refractivity contribution in [1.29, 1.82) is 0 Å². The highest BCUT2D eigenvalue weighted by Gasteiger charge is 2.37. The molecule has 5 rings (SSSR count). The van der Waals surface area contributed by atoms with Crippen molar-refractivity contribution in [2.45, 2.75) is 35.5 Å². The number of tetrazole rings is 1. The van der Waals surface area contributed by atoms with Crippen LogP contribution in [0.2, 0.25) is 0 Å². The number of rotatable bonds is 18. The Morgan fingerprint density at radius 2 is 1.31 bits per heavy atom. The molecule has 0 aliphatic heterocycles. The normalized spacial score (nSPS) is 12.3. The molecule has 0 saturated heterocycles. The highest BCUT2D eigenvalue weighted by Crippen LogP contribution is 2.38. The van der Waals surface area contributed by atoms with E-state index >= 15 is 8.42 Å². The maximum Gasteiger partial charge on any atom is 0.404 e. The standard InChI is InChI=1S/C35H38IN7O10S2/c1-51-27-10-4-23(5-11-27)20-42(21-24-6-12-28(52-2)13-7-24)55(49,50)33-31(54(47,48)38-19-26(44)18-37-35(45)46)17-16-30(36)32(33)34-39-40-41-43(34)22-25-8-14-29(53-3)15-9-25/h4-17,26,37-38,44H,18-22H2,1-3H3,(H,45,46). The molecule has 4 N–H and O–H groups in total. The summed E-state index contributed by atoms with van der Waals surface area (Å²) in [5, 5.41) is 33.4. The second-order valence-electron chi connectivity index (χ2n) is 11.9. The van der Waals surface area contributed by atoms with E-state index in [4.69, 9.17) is 19.3 Å². The van der Waals surface area contributed by atoms with E-state index in [-0.39, 0.29) is 31.0 Å². The van der Waals surface area contributed by atoms with Gasteiger partial charge in [-0.3, -0.25) is 0 Å². The molecule has 1 heterocycles. The quantitative estimate of drug-likeness (QED) is 0.0928. The zero-order valence-corrected chi connectivity index (χ0v) is 33.6. The zero-order valence-electron chi connectivity index (χ0n) is 29.8. The summed E-state index contributed by atoms with van der Waals surface area (Å²) in [4.78, 5) is 9.70. The van der Waals surface area contributed by atoms with Gasteiger partial charge in [0.05, 0.1) is 39.5 Å². The van der Waals surface area contributed by atoms with E-state index in [1.54, 1.807) is 72.8 Å². The number of aliphatic hydroxyl groups excluding tert-OH is 1. The minimum atomic E-state index is -4.81. The largest absolute Gasteiger partial charge is 0.497 e. The first kappa shape index (κ1) is 41.3. The smallest absolute Gasteiger partial charge is 0.404 e. The summed E-state index contributed by atoms with van der Waals surface area (Å²) in [5.41, 5.74) is 1.81. The molecular formula is C35H38IN7O10S2. The molecule has 1 amide bonds. The summed E-state index contributed by atoms with van der Waals surface area (Å²) < 4.78 is 79.9. The van der Waals surface area contributed by atoms with E-state index < -0.39 is 55.1 Å². The van der Waals surface area contributed by atoms with Gasteiger partial charge in [-0.2, -0.15) is 4.31 Å². The number of amides is 1. The Morgan fingerprint density at radius 3 is 1.80 bits per heavy atom. The number of sulfonamides is 2. The molecule has 0 aliphatic rings. The lowest BCUT2D eigenvalue weighted by atomic mass is 10.2. The molecule has 17 nitrogen and oxygen atoms in total. The predicted molar refractivity (Wildman–Crippen MR) is 208 cm³/mol. The van der Waals surface area contributed by atoms with Crippen molar-refractivity contribution in [3.63, 3.8) is 0 Å². The number of methoxy groups -OCH3 is 3. The Hall–Kier alpha value is -4.87. The van der Waals surface area contributed by atoms with Gasteiger partial charge in [-0.15, -0.1) is 5.10 Å². The lowest BCUT2D eigenvalue weighted by Crippen LogP contribution is -2.40. The number of benzene rings is 4. The number of hydrogen-bond donors (Lipinski definition) is 4. The van der Waals surface area contributed by atoms with Crippen LogP contribution in [0.1, 0.15) is 16.7 Å². The van der Waals surface area contributed by atoms with E-state index in [9.17, 15) is 18.3 Å². The Kier molecular flexibility index (Phi) is 13.6. The van der Waals surface area contributed by atoms with Crippen LogP contribution in [0.3, 0.4) is 0 Å². The van der Waals surface area contributed by atoms with Gasteiger partial charge < -0.3 is 29.7 Å². The molecule has 1 aromatic heterocycles. The minimum Gasteiger partial charge on any atom is -0.497 e. The molecule has 0 saturated carbocycles. The van der Waals surface area contributed by atoms with Crippen LogP contribution in [0.25, 0.3) is 11.4 Å². The van der Waals surface area contributed by atoms with Crippen LogP contribution in [-0.2, 0) is 39.7 Å². The van der Waals surface area contributed by atoms with Crippen LogP contribution < -0.4 is 24.2 Å². The number of nitrogens with one attached hydrogen (secondary N) is 2.